The number of anilines is 1. The van der Waals surface area contributed by atoms with E-state index in [0.29, 0.717) is 11.5 Å². The number of hydrogen-bond acceptors (Lipinski definition) is 3. The fourth-order valence-corrected chi connectivity index (χ4v) is 1.67. The molecule has 5 heteroatoms. The van der Waals surface area contributed by atoms with Crippen LogP contribution in [0.2, 0.25) is 0 Å². The van der Waals surface area contributed by atoms with Gasteiger partial charge in [0, 0.05) is 11.9 Å². The number of carbonyl (C=O) groups excluding carboxylic acids is 1. The van der Waals surface area contributed by atoms with E-state index < -0.39 is 0 Å². The number of aromatic nitrogens is 2. The highest BCUT2D eigenvalue weighted by atomic mass is 79.9. The minimum atomic E-state index is -0.270. The van der Waals surface area contributed by atoms with Crippen molar-refractivity contribution >= 4 is 27.7 Å². The highest BCUT2D eigenvalue weighted by molar-refractivity contribution is 9.10. The van der Waals surface area contributed by atoms with Gasteiger partial charge in [-0.05, 0) is 47.1 Å². The van der Waals surface area contributed by atoms with E-state index in [-0.39, 0.29) is 5.91 Å². The molecule has 2 aromatic heterocycles. The normalized spacial score (nSPS) is 10.0. The molecule has 0 unspecified atom stereocenters. The summed E-state index contributed by atoms with van der Waals surface area (Å²) >= 11 is 3.31. The molecule has 0 aromatic carbocycles. The summed E-state index contributed by atoms with van der Waals surface area (Å²) in [5.74, 6) is 0.217. The lowest BCUT2D eigenvalue weighted by Gasteiger charge is -2.05. The minimum Gasteiger partial charge on any atom is -0.304 e. The summed E-state index contributed by atoms with van der Waals surface area (Å²) in [5, 5.41) is 2.69. The third kappa shape index (κ3) is 2.88. The Hall–Kier alpha value is -1.75. The number of nitrogens with zero attached hydrogens (tertiary/aromatic N) is 2. The van der Waals surface area contributed by atoms with Crippen molar-refractivity contribution in [3.05, 3.63) is 52.4 Å². The van der Waals surface area contributed by atoms with E-state index in [9.17, 15) is 4.79 Å². The van der Waals surface area contributed by atoms with E-state index in [2.05, 4.69) is 31.2 Å². The molecule has 0 bridgehead atoms. The van der Waals surface area contributed by atoms with E-state index in [1.807, 2.05) is 19.1 Å². The van der Waals surface area contributed by atoms with E-state index in [4.69, 9.17) is 0 Å². The highest BCUT2D eigenvalue weighted by Crippen LogP contribution is 2.18. The van der Waals surface area contributed by atoms with Crippen molar-refractivity contribution in [2.45, 2.75) is 6.92 Å². The van der Waals surface area contributed by atoms with Gasteiger partial charge in [-0.15, -0.1) is 0 Å². The standard InChI is InChI=1S/C12H10BrN3O/c1-8-4-2-6-10(15-8)12(17)16-11-9(13)5-3-7-14-11/h2-7H,1H3,(H,14,16,17). The SMILES string of the molecule is Cc1cccc(C(=O)Nc2ncccc2Br)n1. The number of pyridine rings is 2. The molecule has 0 aliphatic rings. The average molecular weight is 292 g/mol. The summed E-state index contributed by atoms with van der Waals surface area (Å²) in [7, 11) is 0. The van der Waals surface area contributed by atoms with Crippen molar-refractivity contribution in [1.29, 1.82) is 0 Å². The molecule has 1 N–H and O–H groups in total. The first kappa shape index (κ1) is 11.7. The summed E-state index contributed by atoms with van der Waals surface area (Å²) in [6, 6.07) is 8.90. The summed E-state index contributed by atoms with van der Waals surface area (Å²) < 4.78 is 0.737. The van der Waals surface area contributed by atoms with Crippen LogP contribution in [0.3, 0.4) is 0 Å². The molecule has 0 saturated carbocycles. The molecule has 0 radical (unpaired) electrons. The highest BCUT2D eigenvalue weighted by Gasteiger charge is 2.09. The van der Waals surface area contributed by atoms with Crippen LogP contribution >= 0.6 is 15.9 Å². The number of nitrogens with one attached hydrogen (secondary N) is 1. The topological polar surface area (TPSA) is 54.9 Å². The molecule has 0 saturated heterocycles. The molecule has 86 valence electrons. The quantitative estimate of drug-likeness (QED) is 0.926. The Balaban J connectivity index is 2.20. The molecule has 2 rings (SSSR count). The number of hydrogen-bond donors (Lipinski definition) is 1. The Labute approximate surface area is 107 Å². The first-order valence-electron chi connectivity index (χ1n) is 5.02. The second-order valence-corrected chi connectivity index (χ2v) is 4.31. The Morgan fingerprint density at radius 3 is 2.82 bits per heavy atom. The Kier molecular flexibility index (Phi) is 3.49. The number of aryl methyl sites for hydroxylation is 1. The molecule has 1 amide bonds. The van der Waals surface area contributed by atoms with Gasteiger partial charge in [0.25, 0.3) is 5.91 Å². The predicted octanol–water partition coefficient (Wildman–Crippen LogP) is 2.80. The maximum absolute atomic E-state index is 11.9. The zero-order chi connectivity index (χ0) is 12.3. The van der Waals surface area contributed by atoms with Crippen molar-refractivity contribution in [1.82, 2.24) is 9.97 Å². The molecular weight excluding hydrogens is 282 g/mol. The molecule has 0 aliphatic carbocycles. The predicted molar refractivity (Wildman–Crippen MR) is 68.9 cm³/mol. The van der Waals surface area contributed by atoms with Gasteiger partial charge >= 0.3 is 0 Å². The fraction of sp³-hybridized carbons (Fsp3) is 0.0833. The van der Waals surface area contributed by atoms with Gasteiger partial charge in [-0.25, -0.2) is 9.97 Å². The molecule has 2 heterocycles. The minimum absolute atomic E-state index is 0.270. The second-order valence-electron chi connectivity index (χ2n) is 3.45. The summed E-state index contributed by atoms with van der Waals surface area (Å²) in [6.07, 6.45) is 1.62. The lowest BCUT2D eigenvalue weighted by Crippen LogP contribution is -2.15. The fourth-order valence-electron chi connectivity index (χ4n) is 1.32. The Morgan fingerprint density at radius 2 is 2.12 bits per heavy atom. The summed E-state index contributed by atoms with van der Waals surface area (Å²) in [5.41, 5.74) is 1.18. The zero-order valence-corrected chi connectivity index (χ0v) is 10.7. The molecule has 4 nitrogen and oxygen atoms in total. The average Bonchev–Trinajstić information content (AvgIpc) is 2.32. The van der Waals surface area contributed by atoms with Gasteiger partial charge in [0.15, 0.2) is 0 Å². The van der Waals surface area contributed by atoms with Crippen LogP contribution in [-0.2, 0) is 0 Å². The molecule has 0 atom stereocenters. The third-order valence-corrected chi connectivity index (χ3v) is 2.75. The molecule has 0 spiro atoms. The number of halogens is 1. The van der Waals surface area contributed by atoms with E-state index >= 15 is 0 Å². The summed E-state index contributed by atoms with van der Waals surface area (Å²) in [6.45, 7) is 1.84. The molecule has 0 aliphatic heterocycles. The van der Waals surface area contributed by atoms with Crippen molar-refractivity contribution < 1.29 is 4.79 Å². The van der Waals surface area contributed by atoms with Crippen LogP contribution in [0, 0.1) is 6.92 Å². The second kappa shape index (κ2) is 5.05. The third-order valence-electron chi connectivity index (χ3n) is 2.11. The van der Waals surface area contributed by atoms with Crippen molar-refractivity contribution in [3.8, 4) is 0 Å². The Morgan fingerprint density at radius 1 is 1.29 bits per heavy atom. The van der Waals surface area contributed by atoms with E-state index in [0.717, 1.165) is 10.2 Å². The smallest absolute Gasteiger partial charge is 0.275 e. The summed E-state index contributed by atoms with van der Waals surface area (Å²) in [4.78, 5) is 20.1. The van der Waals surface area contributed by atoms with Gasteiger partial charge in [0.2, 0.25) is 0 Å². The molecule has 0 fully saturated rings. The van der Waals surface area contributed by atoms with E-state index in [1.54, 1.807) is 24.4 Å². The number of carbonyl (C=O) groups is 1. The largest absolute Gasteiger partial charge is 0.304 e. The maximum atomic E-state index is 11.9. The number of rotatable bonds is 2. The monoisotopic (exact) mass is 291 g/mol. The lowest BCUT2D eigenvalue weighted by molar-refractivity contribution is 0.102. The van der Waals surface area contributed by atoms with Crippen LogP contribution in [0.25, 0.3) is 0 Å². The number of amides is 1. The van der Waals surface area contributed by atoms with Crippen LogP contribution in [0.1, 0.15) is 16.2 Å². The zero-order valence-electron chi connectivity index (χ0n) is 9.14. The van der Waals surface area contributed by atoms with Gasteiger partial charge in [0.05, 0.1) is 4.47 Å². The molecule has 2 aromatic rings. The maximum Gasteiger partial charge on any atom is 0.275 e. The lowest BCUT2D eigenvalue weighted by atomic mass is 10.3. The molecular formula is C12H10BrN3O. The van der Waals surface area contributed by atoms with E-state index in [1.165, 1.54) is 0 Å². The first-order valence-corrected chi connectivity index (χ1v) is 5.81. The van der Waals surface area contributed by atoms with Crippen LogP contribution in [0.4, 0.5) is 5.82 Å². The van der Waals surface area contributed by atoms with Gasteiger partial charge in [-0.1, -0.05) is 6.07 Å². The van der Waals surface area contributed by atoms with Gasteiger partial charge in [0.1, 0.15) is 11.5 Å². The first-order chi connectivity index (χ1) is 8.16. The van der Waals surface area contributed by atoms with Gasteiger partial charge < -0.3 is 5.32 Å². The van der Waals surface area contributed by atoms with Gasteiger partial charge in [-0.3, -0.25) is 4.79 Å². The van der Waals surface area contributed by atoms with Crippen molar-refractivity contribution in [2.24, 2.45) is 0 Å². The van der Waals surface area contributed by atoms with Crippen molar-refractivity contribution in [3.63, 3.8) is 0 Å². The van der Waals surface area contributed by atoms with Crippen LogP contribution in [0.15, 0.2) is 41.0 Å². The Bertz CT molecular complexity index is 557. The van der Waals surface area contributed by atoms with Crippen LogP contribution < -0.4 is 5.32 Å². The molecule has 17 heavy (non-hydrogen) atoms. The van der Waals surface area contributed by atoms with Crippen LogP contribution in [-0.4, -0.2) is 15.9 Å². The van der Waals surface area contributed by atoms with Crippen LogP contribution in [0.5, 0.6) is 0 Å². The van der Waals surface area contributed by atoms with Crippen molar-refractivity contribution in [2.75, 3.05) is 5.32 Å². The van der Waals surface area contributed by atoms with Gasteiger partial charge in [-0.2, -0.15) is 0 Å².